The molecule has 128 valence electrons. The first-order valence-electron chi connectivity index (χ1n) is 9.26. The molecular weight excluding hydrogens is 282 g/mol. The zero-order valence-corrected chi connectivity index (χ0v) is 15.6. The van der Waals surface area contributed by atoms with Gasteiger partial charge in [0.15, 0.2) is 0 Å². The smallest absolute Gasteiger partial charge is 0.0485 e. The maximum atomic E-state index is 5.49. The van der Waals surface area contributed by atoms with Crippen molar-refractivity contribution in [3.63, 3.8) is 0 Å². The summed E-state index contributed by atoms with van der Waals surface area (Å²) in [5, 5.41) is 1.45. The van der Waals surface area contributed by atoms with Crippen molar-refractivity contribution in [1.82, 2.24) is 4.57 Å². The summed E-state index contributed by atoms with van der Waals surface area (Å²) in [6, 6.07) is 7.57. The predicted molar refractivity (Wildman–Crippen MR) is 100 cm³/mol. The van der Waals surface area contributed by atoms with Gasteiger partial charge in [0.1, 0.15) is 0 Å². The Labute approximate surface area is 141 Å². The summed E-state index contributed by atoms with van der Waals surface area (Å²) >= 11 is 0. The molecule has 0 amide bonds. The van der Waals surface area contributed by atoms with Gasteiger partial charge in [0.25, 0.3) is 0 Å². The largest absolute Gasteiger partial charge is 0.382 e. The van der Waals surface area contributed by atoms with E-state index in [-0.39, 0.29) is 0 Å². The highest BCUT2D eigenvalue weighted by molar-refractivity contribution is 5.85. The number of fused-ring (bicyclic) bond motifs is 1. The predicted octanol–water partition coefficient (Wildman–Crippen LogP) is 5.78. The van der Waals surface area contributed by atoms with Gasteiger partial charge >= 0.3 is 0 Å². The Morgan fingerprint density at radius 1 is 1.13 bits per heavy atom. The SMILES string of the molecule is CCCc1cn(C(C)C)c2ccc(CC(C)CCOCC)cc12. The molecule has 1 unspecified atom stereocenters. The highest BCUT2D eigenvalue weighted by Gasteiger charge is 2.12. The molecule has 1 aromatic heterocycles. The number of hydrogen-bond acceptors (Lipinski definition) is 1. The third kappa shape index (κ3) is 4.60. The van der Waals surface area contributed by atoms with Crippen LogP contribution in [0.15, 0.2) is 24.4 Å². The first-order valence-corrected chi connectivity index (χ1v) is 9.26. The van der Waals surface area contributed by atoms with Gasteiger partial charge in [0.2, 0.25) is 0 Å². The zero-order chi connectivity index (χ0) is 16.8. The van der Waals surface area contributed by atoms with Crippen molar-refractivity contribution in [3.05, 3.63) is 35.5 Å². The summed E-state index contributed by atoms with van der Waals surface area (Å²) in [5.74, 6) is 0.667. The molecule has 0 N–H and O–H groups in total. The van der Waals surface area contributed by atoms with Crippen LogP contribution in [-0.2, 0) is 17.6 Å². The molecule has 1 heterocycles. The van der Waals surface area contributed by atoms with Crippen molar-refractivity contribution in [2.24, 2.45) is 5.92 Å². The normalized spacial score (nSPS) is 13.1. The molecule has 0 fully saturated rings. The third-order valence-electron chi connectivity index (χ3n) is 4.60. The van der Waals surface area contributed by atoms with Gasteiger partial charge in [0.05, 0.1) is 0 Å². The Balaban J connectivity index is 2.21. The lowest BCUT2D eigenvalue weighted by molar-refractivity contribution is 0.134. The minimum atomic E-state index is 0.513. The molecule has 2 rings (SSSR count). The maximum absolute atomic E-state index is 5.49. The first-order chi connectivity index (χ1) is 11.1. The fourth-order valence-corrected chi connectivity index (χ4v) is 3.33. The number of aromatic nitrogens is 1. The van der Waals surface area contributed by atoms with Crippen molar-refractivity contribution < 1.29 is 4.74 Å². The van der Waals surface area contributed by atoms with E-state index in [9.17, 15) is 0 Å². The van der Waals surface area contributed by atoms with E-state index in [0.29, 0.717) is 12.0 Å². The number of ether oxygens (including phenoxy) is 1. The van der Waals surface area contributed by atoms with Crippen LogP contribution in [0.4, 0.5) is 0 Å². The highest BCUT2D eigenvalue weighted by atomic mass is 16.5. The lowest BCUT2D eigenvalue weighted by Crippen LogP contribution is -2.05. The van der Waals surface area contributed by atoms with Gasteiger partial charge in [-0.05, 0) is 69.2 Å². The van der Waals surface area contributed by atoms with Crippen molar-refractivity contribution in [3.8, 4) is 0 Å². The second-order valence-electron chi connectivity index (χ2n) is 7.05. The number of aryl methyl sites for hydroxylation is 1. The topological polar surface area (TPSA) is 14.2 Å². The Hall–Kier alpha value is -1.28. The second-order valence-corrected chi connectivity index (χ2v) is 7.05. The van der Waals surface area contributed by atoms with Crippen LogP contribution >= 0.6 is 0 Å². The molecule has 0 radical (unpaired) electrons. The molecule has 23 heavy (non-hydrogen) atoms. The summed E-state index contributed by atoms with van der Waals surface area (Å²) in [4.78, 5) is 0. The van der Waals surface area contributed by atoms with Gasteiger partial charge in [-0.2, -0.15) is 0 Å². The van der Waals surface area contributed by atoms with E-state index in [4.69, 9.17) is 4.74 Å². The summed E-state index contributed by atoms with van der Waals surface area (Å²) in [6.07, 6.45) is 7.01. The molecule has 0 bridgehead atoms. The van der Waals surface area contributed by atoms with Crippen LogP contribution in [0, 0.1) is 5.92 Å². The maximum Gasteiger partial charge on any atom is 0.0485 e. The van der Waals surface area contributed by atoms with Crippen molar-refractivity contribution in [2.75, 3.05) is 13.2 Å². The first kappa shape index (κ1) is 18.1. The lowest BCUT2D eigenvalue weighted by Gasteiger charge is -2.13. The Morgan fingerprint density at radius 3 is 2.57 bits per heavy atom. The van der Waals surface area contributed by atoms with E-state index >= 15 is 0 Å². The summed E-state index contributed by atoms with van der Waals surface area (Å²) in [7, 11) is 0. The van der Waals surface area contributed by atoms with Crippen molar-refractivity contribution in [1.29, 1.82) is 0 Å². The lowest BCUT2D eigenvalue weighted by atomic mass is 9.96. The highest BCUT2D eigenvalue weighted by Crippen LogP contribution is 2.28. The zero-order valence-electron chi connectivity index (χ0n) is 15.6. The fourth-order valence-electron chi connectivity index (χ4n) is 3.33. The molecule has 1 aromatic carbocycles. The van der Waals surface area contributed by atoms with Gasteiger partial charge in [-0.25, -0.2) is 0 Å². The van der Waals surface area contributed by atoms with E-state index in [1.54, 1.807) is 0 Å². The third-order valence-corrected chi connectivity index (χ3v) is 4.60. The minimum Gasteiger partial charge on any atom is -0.382 e. The average molecular weight is 316 g/mol. The number of rotatable bonds is 9. The Morgan fingerprint density at radius 2 is 1.91 bits per heavy atom. The van der Waals surface area contributed by atoms with Gasteiger partial charge in [-0.15, -0.1) is 0 Å². The quantitative estimate of drug-likeness (QED) is 0.535. The van der Waals surface area contributed by atoms with Crippen LogP contribution in [0.25, 0.3) is 10.9 Å². The van der Waals surface area contributed by atoms with Gasteiger partial charge in [-0.3, -0.25) is 0 Å². The molecule has 2 nitrogen and oxygen atoms in total. The molecule has 1 atom stereocenters. The summed E-state index contributed by atoms with van der Waals surface area (Å²) < 4.78 is 7.91. The van der Waals surface area contributed by atoms with Crippen molar-refractivity contribution >= 4 is 10.9 Å². The van der Waals surface area contributed by atoms with Gasteiger partial charge in [-0.1, -0.05) is 26.3 Å². The van der Waals surface area contributed by atoms with E-state index in [1.165, 1.54) is 34.9 Å². The number of nitrogens with zero attached hydrogens (tertiary/aromatic N) is 1. The van der Waals surface area contributed by atoms with Crippen LogP contribution in [0.5, 0.6) is 0 Å². The number of hydrogen-bond donors (Lipinski definition) is 0. The van der Waals surface area contributed by atoms with E-state index in [0.717, 1.165) is 26.1 Å². The average Bonchev–Trinajstić information content (AvgIpc) is 2.86. The van der Waals surface area contributed by atoms with Crippen LogP contribution in [0.1, 0.15) is 64.6 Å². The van der Waals surface area contributed by atoms with Gasteiger partial charge in [0, 0.05) is 36.4 Å². The monoisotopic (exact) mass is 315 g/mol. The van der Waals surface area contributed by atoms with E-state index in [1.807, 2.05) is 0 Å². The van der Waals surface area contributed by atoms with Gasteiger partial charge < -0.3 is 9.30 Å². The minimum absolute atomic E-state index is 0.513. The Kier molecular flexibility index (Phi) is 6.71. The van der Waals surface area contributed by atoms with E-state index in [2.05, 4.69) is 63.6 Å². The van der Waals surface area contributed by atoms with E-state index < -0.39 is 0 Å². The summed E-state index contributed by atoms with van der Waals surface area (Å²) in [5.41, 5.74) is 4.34. The summed E-state index contributed by atoms with van der Waals surface area (Å²) in [6.45, 7) is 12.9. The molecule has 0 aliphatic heterocycles. The van der Waals surface area contributed by atoms with Crippen LogP contribution < -0.4 is 0 Å². The Bertz CT molecular complexity index is 612. The molecule has 0 aliphatic carbocycles. The molecule has 0 saturated carbocycles. The van der Waals surface area contributed by atoms with Crippen LogP contribution in [-0.4, -0.2) is 17.8 Å². The molecule has 0 spiro atoms. The molecule has 2 heteroatoms. The van der Waals surface area contributed by atoms with Crippen molar-refractivity contribution in [2.45, 2.75) is 66.3 Å². The molecule has 0 saturated heterocycles. The standard InChI is InChI=1S/C21H33NO/c1-6-8-19-15-22(16(3)4)21-10-9-18(14-20(19)21)13-17(5)11-12-23-7-2/h9-10,14-17H,6-8,11-13H2,1-5H3. The molecule has 2 aromatic rings. The number of benzene rings is 1. The fraction of sp³-hybridized carbons (Fsp3) is 0.619. The molecule has 0 aliphatic rings. The van der Waals surface area contributed by atoms with Crippen LogP contribution in [0.2, 0.25) is 0 Å². The van der Waals surface area contributed by atoms with Crippen LogP contribution in [0.3, 0.4) is 0 Å². The molecular formula is C21H33NO. The second kappa shape index (κ2) is 8.54.